The van der Waals surface area contributed by atoms with Gasteiger partial charge in [0.25, 0.3) is 0 Å². The van der Waals surface area contributed by atoms with Gasteiger partial charge in [0.15, 0.2) is 0 Å². The average molecular weight is 419 g/mol. The standard InChI is InChI=1S/C19H50N10/c1-22-6-7-25-9-10-26-11-13-28-16-19-29(17-14-24-5-3-21)18-15-27-12-8-23-4-2-20/h22-28H,2-21H2,1H3. The number of nitrogens with two attached hydrogens (primary N) is 2. The molecule has 0 radical (unpaired) electrons. The van der Waals surface area contributed by atoms with Crippen LogP contribution in [0.15, 0.2) is 0 Å². The molecule has 0 aromatic rings. The van der Waals surface area contributed by atoms with Crippen LogP contribution in [0.3, 0.4) is 0 Å². The van der Waals surface area contributed by atoms with Crippen molar-refractivity contribution in [3.8, 4) is 0 Å². The first-order chi connectivity index (χ1) is 14.3. The number of nitrogens with one attached hydrogen (secondary N) is 7. The van der Waals surface area contributed by atoms with E-state index < -0.39 is 0 Å². The van der Waals surface area contributed by atoms with Crippen LogP contribution >= 0.6 is 0 Å². The molecule has 0 rings (SSSR count). The summed E-state index contributed by atoms with van der Waals surface area (Å²) >= 11 is 0. The van der Waals surface area contributed by atoms with E-state index in [0.29, 0.717) is 13.1 Å². The van der Waals surface area contributed by atoms with Crippen molar-refractivity contribution in [1.29, 1.82) is 0 Å². The summed E-state index contributed by atoms with van der Waals surface area (Å²) in [5.41, 5.74) is 11.0. The summed E-state index contributed by atoms with van der Waals surface area (Å²) in [4.78, 5) is 2.50. The Morgan fingerprint density at radius 3 is 1.14 bits per heavy atom. The second-order valence-electron chi connectivity index (χ2n) is 7.02. The van der Waals surface area contributed by atoms with Gasteiger partial charge in [0, 0.05) is 118 Å². The lowest BCUT2D eigenvalue weighted by atomic mass is 10.4. The molecular formula is C19H50N10. The lowest BCUT2D eigenvalue weighted by molar-refractivity contribution is 0.272. The first-order valence-corrected chi connectivity index (χ1v) is 11.4. The molecule has 176 valence electrons. The highest BCUT2D eigenvalue weighted by Crippen LogP contribution is 1.86. The van der Waals surface area contributed by atoms with Gasteiger partial charge in [0.1, 0.15) is 0 Å². The molecule has 0 atom stereocenters. The molecule has 0 aliphatic heterocycles. The lowest BCUT2D eigenvalue weighted by Gasteiger charge is -2.23. The maximum absolute atomic E-state index is 5.55. The van der Waals surface area contributed by atoms with Crippen molar-refractivity contribution in [2.45, 2.75) is 0 Å². The van der Waals surface area contributed by atoms with Crippen molar-refractivity contribution >= 4 is 0 Å². The van der Waals surface area contributed by atoms with E-state index in [9.17, 15) is 0 Å². The van der Waals surface area contributed by atoms with Crippen LogP contribution in [0.5, 0.6) is 0 Å². The van der Waals surface area contributed by atoms with Crippen molar-refractivity contribution in [1.82, 2.24) is 42.1 Å². The van der Waals surface area contributed by atoms with Gasteiger partial charge in [-0.15, -0.1) is 0 Å². The second kappa shape index (κ2) is 25.6. The number of rotatable bonds is 25. The van der Waals surface area contributed by atoms with Gasteiger partial charge in [-0.1, -0.05) is 0 Å². The fraction of sp³-hybridized carbons (Fsp3) is 1.00. The predicted octanol–water partition coefficient (Wildman–Crippen LogP) is -4.04. The van der Waals surface area contributed by atoms with Crippen LogP contribution in [0.2, 0.25) is 0 Å². The highest BCUT2D eigenvalue weighted by molar-refractivity contribution is 4.65. The van der Waals surface area contributed by atoms with Crippen molar-refractivity contribution in [2.24, 2.45) is 11.5 Å². The average Bonchev–Trinajstić information content (AvgIpc) is 2.73. The molecule has 0 aromatic heterocycles. The number of hydrogen-bond acceptors (Lipinski definition) is 10. The highest BCUT2D eigenvalue weighted by atomic mass is 15.2. The maximum atomic E-state index is 5.55. The first kappa shape index (κ1) is 28.6. The molecule has 0 bridgehead atoms. The Bertz CT molecular complexity index is 296. The van der Waals surface area contributed by atoms with Gasteiger partial charge in [-0.3, -0.25) is 4.90 Å². The summed E-state index contributed by atoms with van der Waals surface area (Å²) in [6.07, 6.45) is 0. The van der Waals surface area contributed by atoms with Gasteiger partial charge in [0.05, 0.1) is 0 Å². The third kappa shape index (κ3) is 23.7. The monoisotopic (exact) mass is 418 g/mol. The third-order valence-corrected chi connectivity index (χ3v) is 4.44. The topological polar surface area (TPSA) is 139 Å². The Morgan fingerprint density at radius 2 is 0.759 bits per heavy atom. The molecule has 0 unspecified atom stereocenters. The number of nitrogens with zero attached hydrogens (tertiary/aromatic N) is 1. The molecule has 0 aliphatic rings. The lowest BCUT2D eigenvalue weighted by Crippen LogP contribution is -2.42. The smallest absolute Gasteiger partial charge is 0.0108 e. The van der Waals surface area contributed by atoms with E-state index in [-0.39, 0.29) is 0 Å². The number of hydrogen-bond donors (Lipinski definition) is 9. The van der Waals surface area contributed by atoms with E-state index in [4.69, 9.17) is 11.5 Å². The molecule has 0 aliphatic carbocycles. The van der Waals surface area contributed by atoms with Crippen LogP contribution in [0.1, 0.15) is 0 Å². The fourth-order valence-corrected chi connectivity index (χ4v) is 2.74. The zero-order chi connectivity index (χ0) is 21.3. The molecule has 29 heavy (non-hydrogen) atoms. The van der Waals surface area contributed by atoms with Crippen molar-refractivity contribution < 1.29 is 0 Å². The summed E-state index contributed by atoms with van der Waals surface area (Å²) in [5, 5.41) is 23.7. The zero-order valence-electron chi connectivity index (χ0n) is 18.8. The van der Waals surface area contributed by atoms with Crippen LogP contribution in [0.25, 0.3) is 0 Å². The van der Waals surface area contributed by atoms with Crippen LogP contribution in [0.4, 0.5) is 0 Å². The second-order valence-corrected chi connectivity index (χ2v) is 7.02. The van der Waals surface area contributed by atoms with Crippen LogP contribution < -0.4 is 48.7 Å². The number of likely N-dealkylation sites (N-methyl/N-ethyl adjacent to an activating group) is 1. The van der Waals surface area contributed by atoms with Crippen LogP contribution in [0, 0.1) is 0 Å². The molecule has 0 amide bonds. The van der Waals surface area contributed by atoms with E-state index >= 15 is 0 Å². The molecular weight excluding hydrogens is 368 g/mol. The van der Waals surface area contributed by atoms with Gasteiger partial charge in [0.2, 0.25) is 0 Å². The van der Waals surface area contributed by atoms with Crippen LogP contribution in [-0.4, -0.2) is 130 Å². The van der Waals surface area contributed by atoms with E-state index in [1.54, 1.807) is 0 Å². The van der Waals surface area contributed by atoms with Gasteiger partial charge in [-0.25, -0.2) is 0 Å². The summed E-state index contributed by atoms with van der Waals surface area (Å²) in [6, 6.07) is 0. The maximum Gasteiger partial charge on any atom is 0.0108 e. The summed E-state index contributed by atoms with van der Waals surface area (Å²) in [7, 11) is 1.97. The SMILES string of the molecule is CNCCNCCNCCNCCN(CCNCCN)CCNCCNCCN. The molecule has 0 saturated carbocycles. The molecule has 0 fully saturated rings. The fourth-order valence-electron chi connectivity index (χ4n) is 2.74. The molecule has 10 heteroatoms. The van der Waals surface area contributed by atoms with Gasteiger partial charge >= 0.3 is 0 Å². The van der Waals surface area contributed by atoms with Crippen molar-refractivity contribution in [3.63, 3.8) is 0 Å². The minimum absolute atomic E-state index is 0.691. The molecule has 0 saturated heterocycles. The Balaban J connectivity index is 3.66. The Hall–Kier alpha value is -0.400. The summed E-state index contributed by atoms with van der Waals surface area (Å²) in [5.74, 6) is 0. The van der Waals surface area contributed by atoms with Gasteiger partial charge in [-0.2, -0.15) is 0 Å². The Labute approximate surface area is 179 Å². The molecule has 10 nitrogen and oxygen atoms in total. The molecule has 11 N–H and O–H groups in total. The minimum Gasteiger partial charge on any atom is -0.329 e. The van der Waals surface area contributed by atoms with Gasteiger partial charge in [-0.05, 0) is 7.05 Å². The first-order valence-electron chi connectivity index (χ1n) is 11.4. The largest absolute Gasteiger partial charge is 0.329 e. The minimum atomic E-state index is 0.691. The van der Waals surface area contributed by atoms with Gasteiger partial charge < -0.3 is 48.7 Å². The van der Waals surface area contributed by atoms with Crippen molar-refractivity contribution in [3.05, 3.63) is 0 Å². The predicted molar refractivity (Wildman–Crippen MR) is 126 cm³/mol. The molecule has 0 spiro atoms. The zero-order valence-corrected chi connectivity index (χ0v) is 18.8. The molecule has 0 heterocycles. The normalized spacial score (nSPS) is 11.6. The van der Waals surface area contributed by atoms with Crippen molar-refractivity contribution in [2.75, 3.05) is 125 Å². The van der Waals surface area contributed by atoms with E-state index in [2.05, 4.69) is 42.1 Å². The van der Waals surface area contributed by atoms with Crippen LogP contribution in [-0.2, 0) is 0 Å². The van der Waals surface area contributed by atoms with E-state index in [0.717, 1.165) is 105 Å². The highest BCUT2D eigenvalue weighted by Gasteiger charge is 2.04. The Kier molecular flexibility index (Phi) is 25.3. The summed E-state index contributed by atoms with van der Waals surface area (Å²) in [6.45, 7) is 17.3. The Morgan fingerprint density at radius 1 is 0.448 bits per heavy atom. The quantitative estimate of drug-likeness (QED) is 0.0673. The van der Waals surface area contributed by atoms with E-state index in [1.165, 1.54) is 0 Å². The molecule has 0 aromatic carbocycles. The summed E-state index contributed by atoms with van der Waals surface area (Å²) < 4.78 is 0. The van der Waals surface area contributed by atoms with E-state index in [1.807, 2.05) is 7.05 Å². The third-order valence-electron chi connectivity index (χ3n) is 4.44.